The van der Waals surface area contributed by atoms with Crippen LogP contribution in [0, 0.1) is 5.82 Å². The third kappa shape index (κ3) is 3.99. The van der Waals surface area contributed by atoms with E-state index in [0.717, 1.165) is 25.0 Å². The molecule has 8 nitrogen and oxygen atoms in total. The van der Waals surface area contributed by atoms with Crippen LogP contribution in [0.3, 0.4) is 0 Å². The van der Waals surface area contributed by atoms with Gasteiger partial charge in [-0.3, -0.25) is 29.6 Å². The lowest BCUT2D eigenvalue weighted by Crippen LogP contribution is -2.52. The number of piperazine rings is 1. The van der Waals surface area contributed by atoms with E-state index in [1.807, 2.05) is 23.4 Å². The molecule has 36 heavy (non-hydrogen) atoms. The van der Waals surface area contributed by atoms with Crippen molar-refractivity contribution in [2.75, 3.05) is 31.1 Å². The molecular formula is C27H26FN5O3. The average Bonchev–Trinajstić information content (AvgIpc) is 3.19. The van der Waals surface area contributed by atoms with Gasteiger partial charge in [0.25, 0.3) is 5.91 Å². The standard InChI is InChI=1S/C27H26FN5O3/c28-22-13-21-19(16-33(27(21)36)23-4-5-25(34)30-26(23)35)12-24(22)32-10-8-31(9-11-32)15-18-3-1-2-17-14-29-7-6-20(17)18/h1-3,6-7,12-14,23H,4-5,8-11,15-16H2,(H,30,34,35). The van der Waals surface area contributed by atoms with Crippen molar-refractivity contribution in [3.05, 3.63) is 71.3 Å². The molecule has 0 radical (unpaired) electrons. The third-order valence-corrected chi connectivity index (χ3v) is 7.47. The Balaban J connectivity index is 1.15. The molecule has 0 saturated carbocycles. The number of rotatable bonds is 4. The normalized spacial score (nSPS) is 20.7. The van der Waals surface area contributed by atoms with Crippen molar-refractivity contribution < 1.29 is 18.8 Å². The number of nitrogens with zero attached hydrogens (tertiary/aromatic N) is 4. The first kappa shape index (κ1) is 22.6. The number of imide groups is 1. The fourth-order valence-corrected chi connectivity index (χ4v) is 5.53. The quantitative estimate of drug-likeness (QED) is 0.569. The number of aromatic nitrogens is 1. The number of halogens is 1. The summed E-state index contributed by atoms with van der Waals surface area (Å²) in [5.74, 6) is -1.58. The first-order valence-electron chi connectivity index (χ1n) is 12.2. The van der Waals surface area contributed by atoms with Gasteiger partial charge in [-0.25, -0.2) is 4.39 Å². The third-order valence-electron chi connectivity index (χ3n) is 7.47. The summed E-state index contributed by atoms with van der Waals surface area (Å²) in [5.41, 5.74) is 2.75. The van der Waals surface area contributed by atoms with Gasteiger partial charge in [-0.15, -0.1) is 0 Å². The molecule has 0 spiro atoms. The second kappa shape index (κ2) is 8.98. The number of anilines is 1. The number of fused-ring (bicyclic) bond motifs is 2. The fourth-order valence-electron chi connectivity index (χ4n) is 5.53. The Bertz CT molecular complexity index is 1380. The summed E-state index contributed by atoms with van der Waals surface area (Å²) in [6.45, 7) is 3.99. The lowest BCUT2D eigenvalue weighted by Gasteiger charge is -2.36. The molecule has 0 aliphatic carbocycles. The number of amides is 3. The van der Waals surface area contributed by atoms with Crippen molar-refractivity contribution in [2.45, 2.75) is 32.0 Å². The van der Waals surface area contributed by atoms with Gasteiger partial charge in [0.05, 0.1) is 5.69 Å². The molecule has 3 aromatic rings. The summed E-state index contributed by atoms with van der Waals surface area (Å²) < 4.78 is 15.2. The summed E-state index contributed by atoms with van der Waals surface area (Å²) in [6.07, 6.45) is 4.16. The van der Waals surface area contributed by atoms with E-state index in [2.05, 4.69) is 33.4 Å². The van der Waals surface area contributed by atoms with Gasteiger partial charge in [0, 0.05) is 69.0 Å². The molecule has 2 aromatic carbocycles. The van der Waals surface area contributed by atoms with Crippen molar-refractivity contribution in [3.8, 4) is 0 Å². The van der Waals surface area contributed by atoms with E-state index in [1.165, 1.54) is 21.9 Å². The Kier molecular flexibility index (Phi) is 5.64. The number of pyridine rings is 1. The molecule has 3 amide bonds. The highest BCUT2D eigenvalue weighted by Crippen LogP contribution is 2.33. The maximum atomic E-state index is 15.2. The summed E-state index contributed by atoms with van der Waals surface area (Å²) in [6, 6.07) is 10.6. The van der Waals surface area contributed by atoms with Gasteiger partial charge < -0.3 is 9.80 Å². The number of carbonyl (C=O) groups is 3. The number of benzene rings is 2. The number of hydrogen-bond acceptors (Lipinski definition) is 6. The lowest BCUT2D eigenvalue weighted by molar-refractivity contribution is -0.136. The van der Waals surface area contributed by atoms with Gasteiger partial charge in [-0.1, -0.05) is 18.2 Å². The van der Waals surface area contributed by atoms with Gasteiger partial charge in [0.2, 0.25) is 11.8 Å². The van der Waals surface area contributed by atoms with Gasteiger partial charge in [0.15, 0.2) is 0 Å². The highest BCUT2D eigenvalue weighted by atomic mass is 19.1. The molecule has 6 rings (SSSR count). The van der Waals surface area contributed by atoms with Crippen LogP contribution in [-0.2, 0) is 22.7 Å². The monoisotopic (exact) mass is 487 g/mol. The molecule has 3 aliphatic heterocycles. The highest BCUT2D eigenvalue weighted by molar-refractivity contribution is 6.05. The average molecular weight is 488 g/mol. The second-order valence-electron chi connectivity index (χ2n) is 9.64. The molecule has 2 fully saturated rings. The number of carbonyl (C=O) groups excluding carboxylic acids is 3. The van der Waals surface area contributed by atoms with Crippen molar-refractivity contribution >= 4 is 34.2 Å². The minimum Gasteiger partial charge on any atom is -0.367 e. The number of hydrogen-bond donors (Lipinski definition) is 1. The lowest BCUT2D eigenvalue weighted by atomic mass is 10.0. The molecule has 0 bridgehead atoms. The Morgan fingerprint density at radius 3 is 2.69 bits per heavy atom. The summed E-state index contributed by atoms with van der Waals surface area (Å²) in [7, 11) is 0. The van der Waals surface area contributed by atoms with E-state index in [4.69, 9.17) is 0 Å². The topological polar surface area (TPSA) is 85.9 Å². The summed E-state index contributed by atoms with van der Waals surface area (Å²) in [5, 5.41) is 4.62. The van der Waals surface area contributed by atoms with E-state index in [0.29, 0.717) is 29.9 Å². The maximum Gasteiger partial charge on any atom is 0.255 e. The van der Waals surface area contributed by atoms with Crippen LogP contribution in [0.2, 0.25) is 0 Å². The zero-order valence-corrected chi connectivity index (χ0v) is 19.7. The van der Waals surface area contributed by atoms with E-state index in [1.54, 1.807) is 6.07 Å². The van der Waals surface area contributed by atoms with Crippen LogP contribution in [0.15, 0.2) is 48.8 Å². The van der Waals surface area contributed by atoms with Crippen molar-refractivity contribution in [1.82, 2.24) is 20.1 Å². The molecule has 2 saturated heterocycles. The van der Waals surface area contributed by atoms with E-state index >= 15 is 4.39 Å². The fraction of sp³-hybridized carbons (Fsp3) is 0.333. The summed E-state index contributed by atoms with van der Waals surface area (Å²) in [4.78, 5) is 46.8. The van der Waals surface area contributed by atoms with Gasteiger partial charge in [-0.2, -0.15) is 0 Å². The zero-order chi connectivity index (χ0) is 24.8. The molecule has 184 valence electrons. The predicted octanol–water partition coefficient (Wildman–Crippen LogP) is 2.46. The predicted molar refractivity (Wildman–Crippen MR) is 132 cm³/mol. The van der Waals surface area contributed by atoms with Crippen LogP contribution < -0.4 is 10.2 Å². The number of piperidine rings is 1. The largest absolute Gasteiger partial charge is 0.367 e. The van der Waals surface area contributed by atoms with Crippen molar-refractivity contribution in [2.24, 2.45) is 0 Å². The van der Waals surface area contributed by atoms with E-state index in [9.17, 15) is 14.4 Å². The molecule has 3 aliphatic rings. The Morgan fingerprint density at radius 1 is 1.06 bits per heavy atom. The molecule has 1 N–H and O–H groups in total. The van der Waals surface area contributed by atoms with Crippen LogP contribution in [0.5, 0.6) is 0 Å². The van der Waals surface area contributed by atoms with Gasteiger partial charge in [0.1, 0.15) is 11.9 Å². The molecular weight excluding hydrogens is 461 g/mol. The Labute approximate surface area is 207 Å². The van der Waals surface area contributed by atoms with Crippen LogP contribution in [0.4, 0.5) is 10.1 Å². The molecule has 1 atom stereocenters. The van der Waals surface area contributed by atoms with E-state index in [-0.39, 0.29) is 31.2 Å². The van der Waals surface area contributed by atoms with Crippen LogP contribution in [0.1, 0.15) is 34.3 Å². The minimum absolute atomic E-state index is 0.191. The Morgan fingerprint density at radius 2 is 1.89 bits per heavy atom. The first-order chi connectivity index (χ1) is 17.5. The van der Waals surface area contributed by atoms with Gasteiger partial charge in [-0.05, 0) is 41.1 Å². The highest BCUT2D eigenvalue weighted by Gasteiger charge is 2.40. The van der Waals surface area contributed by atoms with Crippen molar-refractivity contribution in [1.29, 1.82) is 0 Å². The first-order valence-corrected chi connectivity index (χ1v) is 12.2. The molecule has 1 aromatic heterocycles. The second-order valence-corrected chi connectivity index (χ2v) is 9.64. The smallest absolute Gasteiger partial charge is 0.255 e. The maximum absolute atomic E-state index is 15.2. The Hall–Kier alpha value is -3.85. The number of nitrogens with one attached hydrogen (secondary N) is 1. The van der Waals surface area contributed by atoms with E-state index < -0.39 is 17.8 Å². The minimum atomic E-state index is -0.706. The van der Waals surface area contributed by atoms with Crippen LogP contribution in [0.25, 0.3) is 10.8 Å². The van der Waals surface area contributed by atoms with Crippen LogP contribution in [-0.4, -0.2) is 64.7 Å². The zero-order valence-electron chi connectivity index (χ0n) is 19.7. The van der Waals surface area contributed by atoms with Crippen molar-refractivity contribution in [3.63, 3.8) is 0 Å². The molecule has 9 heteroatoms. The summed E-state index contributed by atoms with van der Waals surface area (Å²) >= 11 is 0. The van der Waals surface area contributed by atoms with Crippen LogP contribution >= 0.6 is 0 Å². The van der Waals surface area contributed by atoms with Gasteiger partial charge >= 0.3 is 0 Å². The molecule has 4 heterocycles. The SMILES string of the molecule is O=C1CCC(N2Cc3cc(N4CCN(Cc5cccc6cnccc56)CC4)c(F)cc3C2=O)C(=O)N1. The molecule has 1 unspecified atom stereocenters.